The minimum Gasteiger partial charge on any atom is -0.487 e. The lowest BCUT2D eigenvalue weighted by atomic mass is 10.2. The van der Waals surface area contributed by atoms with E-state index in [1.54, 1.807) is 24.4 Å². The zero-order chi connectivity index (χ0) is 17.1. The first-order valence-corrected chi connectivity index (χ1v) is 8.52. The van der Waals surface area contributed by atoms with Gasteiger partial charge in [0.15, 0.2) is 5.13 Å². The number of hydrogen-bond acceptors (Lipinski definition) is 5. The Hall–Kier alpha value is -3.19. The van der Waals surface area contributed by atoms with E-state index in [0.29, 0.717) is 23.1 Å². The van der Waals surface area contributed by atoms with Gasteiger partial charge in [0.1, 0.15) is 18.0 Å². The largest absolute Gasteiger partial charge is 0.487 e. The van der Waals surface area contributed by atoms with Gasteiger partial charge >= 0.3 is 0 Å². The average Bonchev–Trinajstić information content (AvgIpc) is 3.29. The number of nitrogens with zero attached hydrogens (tertiary/aromatic N) is 3. The number of benzene rings is 1. The number of anilines is 1. The van der Waals surface area contributed by atoms with Crippen molar-refractivity contribution in [2.24, 2.45) is 0 Å². The van der Waals surface area contributed by atoms with E-state index in [4.69, 9.17) is 4.74 Å². The molecule has 0 aliphatic rings. The molecule has 0 atom stereocenters. The molecule has 0 fully saturated rings. The topological polar surface area (TPSA) is 68.5 Å². The standard InChI is InChI=1S/C18H14N4O2S/c23-17(21-18-19-7-9-25-18)13-4-3-5-15(10-13)24-12-14-11-22-8-2-1-6-16(22)20-14/h1-11H,12H2,(H,19,21,23). The summed E-state index contributed by atoms with van der Waals surface area (Å²) in [5, 5.41) is 5.13. The van der Waals surface area contributed by atoms with Gasteiger partial charge in [-0.3, -0.25) is 10.1 Å². The van der Waals surface area contributed by atoms with Crippen LogP contribution in [-0.2, 0) is 6.61 Å². The summed E-state index contributed by atoms with van der Waals surface area (Å²) in [6.45, 7) is 0.333. The number of carbonyl (C=O) groups excluding carboxylic acids is 1. The molecule has 0 aliphatic carbocycles. The van der Waals surface area contributed by atoms with Crippen LogP contribution >= 0.6 is 11.3 Å². The molecule has 7 heteroatoms. The summed E-state index contributed by atoms with van der Waals surface area (Å²) >= 11 is 1.37. The van der Waals surface area contributed by atoms with Crippen LogP contribution in [0.1, 0.15) is 16.1 Å². The van der Waals surface area contributed by atoms with E-state index in [1.165, 1.54) is 11.3 Å². The van der Waals surface area contributed by atoms with E-state index in [-0.39, 0.29) is 5.91 Å². The number of thiazole rings is 1. The molecule has 124 valence electrons. The summed E-state index contributed by atoms with van der Waals surface area (Å²) in [5.41, 5.74) is 2.21. The first kappa shape index (κ1) is 15.3. The van der Waals surface area contributed by atoms with E-state index in [2.05, 4.69) is 15.3 Å². The molecule has 0 saturated heterocycles. The van der Waals surface area contributed by atoms with Crippen molar-refractivity contribution >= 4 is 28.0 Å². The van der Waals surface area contributed by atoms with Gasteiger partial charge in [-0.25, -0.2) is 9.97 Å². The van der Waals surface area contributed by atoms with Crippen molar-refractivity contribution < 1.29 is 9.53 Å². The van der Waals surface area contributed by atoms with Gasteiger partial charge in [0, 0.05) is 29.5 Å². The number of nitrogens with one attached hydrogen (secondary N) is 1. The summed E-state index contributed by atoms with van der Waals surface area (Å²) < 4.78 is 7.72. The number of amides is 1. The maximum absolute atomic E-state index is 12.2. The number of imidazole rings is 1. The van der Waals surface area contributed by atoms with Crippen LogP contribution in [0.4, 0.5) is 5.13 Å². The van der Waals surface area contributed by atoms with Crippen molar-refractivity contribution in [1.29, 1.82) is 0 Å². The van der Waals surface area contributed by atoms with Gasteiger partial charge in [0.05, 0.1) is 5.69 Å². The van der Waals surface area contributed by atoms with Gasteiger partial charge in [-0.1, -0.05) is 12.1 Å². The monoisotopic (exact) mass is 350 g/mol. The molecule has 25 heavy (non-hydrogen) atoms. The molecule has 3 aromatic heterocycles. The zero-order valence-corrected chi connectivity index (χ0v) is 13.9. The highest BCUT2D eigenvalue weighted by Gasteiger charge is 2.09. The minimum absolute atomic E-state index is 0.215. The fourth-order valence-electron chi connectivity index (χ4n) is 2.40. The van der Waals surface area contributed by atoms with Crippen LogP contribution in [0, 0.1) is 0 Å². The second-order valence-corrected chi connectivity index (χ2v) is 6.20. The Balaban J connectivity index is 1.45. The summed E-state index contributed by atoms with van der Waals surface area (Å²) in [7, 11) is 0. The van der Waals surface area contributed by atoms with Crippen molar-refractivity contribution in [3.63, 3.8) is 0 Å². The molecular weight excluding hydrogens is 336 g/mol. The number of carbonyl (C=O) groups is 1. The Bertz CT molecular complexity index is 978. The van der Waals surface area contributed by atoms with Gasteiger partial charge < -0.3 is 9.14 Å². The van der Waals surface area contributed by atoms with Crippen LogP contribution in [0.3, 0.4) is 0 Å². The maximum atomic E-state index is 12.2. The predicted octanol–water partition coefficient (Wildman–Crippen LogP) is 3.62. The van der Waals surface area contributed by atoms with Crippen LogP contribution in [-0.4, -0.2) is 20.3 Å². The highest BCUT2D eigenvalue weighted by atomic mass is 32.1. The molecule has 0 unspecified atom stereocenters. The molecule has 6 nitrogen and oxygen atoms in total. The molecule has 0 radical (unpaired) electrons. The molecule has 0 aliphatic heterocycles. The van der Waals surface area contributed by atoms with Gasteiger partial charge in [0.25, 0.3) is 5.91 Å². The zero-order valence-electron chi connectivity index (χ0n) is 13.1. The number of hydrogen-bond donors (Lipinski definition) is 1. The van der Waals surface area contributed by atoms with E-state index < -0.39 is 0 Å². The highest BCUT2D eigenvalue weighted by molar-refractivity contribution is 7.13. The van der Waals surface area contributed by atoms with E-state index in [9.17, 15) is 4.79 Å². The summed E-state index contributed by atoms with van der Waals surface area (Å²) in [4.78, 5) is 20.8. The van der Waals surface area contributed by atoms with Crippen LogP contribution in [0.2, 0.25) is 0 Å². The fraction of sp³-hybridized carbons (Fsp3) is 0.0556. The van der Waals surface area contributed by atoms with E-state index >= 15 is 0 Å². The van der Waals surface area contributed by atoms with Crippen molar-refractivity contribution in [3.05, 3.63) is 77.7 Å². The molecule has 0 saturated carbocycles. The molecule has 1 N–H and O–H groups in total. The lowest BCUT2D eigenvalue weighted by Crippen LogP contribution is -2.11. The van der Waals surface area contributed by atoms with Crippen molar-refractivity contribution in [1.82, 2.24) is 14.4 Å². The molecule has 0 spiro atoms. The number of fused-ring (bicyclic) bond motifs is 1. The summed E-state index contributed by atoms with van der Waals surface area (Å²) in [6.07, 6.45) is 5.51. The second-order valence-electron chi connectivity index (χ2n) is 5.31. The second kappa shape index (κ2) is 6.74. The maximum Gasteiger partial charge on any atom is 0.257 e. The lowest BCUT2D eigenvalue weighted by Gasteiger charge is -2.06. The Labute approximate surface area is 147 Å². The Morgan fingerprint density at radius 2 is 2.20 bits per heavy atom. The van der Waals surface area contributed by atoms with Crippen LogP contribution in [0.25, 0.3) is 5.65 Å². The minimum atomic E-state index is -0.215. The number of rotatable bonds is 5. The number of aromatic nitrogens is 3. The Morgan fingerprint density at radius 3 is 3.04 bits per heavy atom. The van der Waals surface area contributed by atoms with Gasteiger partial charge in [-0.2, -0.15) is 0 Å². The summed E-state index contributed by atoms with van der Waals surface area (Å²) in [5.74, 6) is 0.400. The molecule has 1 amide bonds. The fourth-order valence-corrected chi connectivity index (χ4v) is 2.92. The average molecular weight is 350 g/mol. The molecular formula is C18H14N4O2S. The van der Waals surface area contributed by atoms with Gasteiger partial charge in [-0.05, 0) is 30.3 Å². The molecule has 1 aromatic carbocycles. The first-order valence-electron chi connectivity index (χ1n) is 7.64. The quantitative estimate of drug-likeness (QED) is 0.597. The summed E-state index contributed by atoms with van der Waals surface area (Å²) in [6, 6.07) is 12.9. The van der Waals surface area contributed by atoms with Gasteiger partial charge in [-0.15, -0.1) is 11.3 Å². The van der Waals surface area contributed by atoms with Crippen molar-refractivity contribution in [2.45, 2.75) is 6.61 Å². The Kier molecular flexibility index (Phi) is 4.14. The van der Waals surface area contributed by atoms with Crippen LogP contribution in [0.5, 0.6) is 5.75 Å². The SMILES string of the molecule is O=C(Nc1nccs1)c1cccc(OCc2cn3ccccc3n2)c1. The van der Waals surface area contributed by atoms with E-state index in [0.717, 1.165) is 11.3 Å². The smallest absolute Gasteiger partial charge is 0.257 e. The van der Waals surface area contributed by atoms with E-state index in [1.807, 2.05) is 46.4 Å². The molecule has 0 bridgehead atoms. The molecule has 3 heterocycles. The van der Waals surface area contributed by atoms with Crippen LogP contribution in [0.15, 0.2) is 66.4 Å². The van der Waals surface area contributed by atoms with Crippen molar-refractivity contribution in [2.75, 3.05) is 5.32 Å². The first-order chi connectivity index (χ1) is 12.3. The number of pyridine rings is 1. The van der Waals surface area contributed by atoms with Crippen LogP contribution < -0.4 is 10.1 Å². The van der Waals surface area contributed by atoms with Crippen molar-refractivity contribution in [3.8, 4) is 5.75 Å². The lowest BCUT2D eigenvalue weighted by molar-refractivity contribution is 0.102. The molecule has 4 aromatic rings. The normalized spacial score (nSPS) is 10.7. The third-order valence-corrected chi connectivity index (χ3v) is 4.24. The third kappa shape index (κ3) is 3.51. The third-order valence-electron chi connectivity index (χ3n) is 3.55. The Morgan fingerprint density at radius 1 is 1.24 bits per heavy atom. The molecule has 4 rings (SSSR count). The number of ether oxygens (including phenoxy) is 1. The van der Waals surface area contributed by atoms with Gasteiger partial charge in [0.2, 0.25) is 0 Å². The predicted molar refractivity (Wildman–Crippen MR) is 96.0 cm³/mol. The highest BCUT2D eigenvalue weighted by Crippen LogP contribution is 2.18.